The second-order valence-electron chi connectivity index (χ2n) is 4.37. The SMILES string of the molecule is O=C(Nc1cccc(N2CCOC2=O)c1)c1sccc1Br. The molecule has 2 heterocycles. The summed E-state index contributed by atoms with van der Waals surface area (Å²) in [4.78, 5) is 25.9. The molecular formula is C14H11BrN2O3S. The van der Waals surface area contributed by atoms with Gasteiger partial charge in [-0.1, -0.05) is 6.07 Å². The van der Waals surface area contributed by atoms with Gasteiger partial charge in [0.1, 0.15) is 11.5 Å². The molecule has 21 heavy (non-hydrogen) atoms. The second-order valence-corrected chi connectivity index (χ2v) is 6.14. The van der Waals surface area contributed by atoms with Crippen molar-refractivity contribution in [3.05, 3.63) is 45.1 Å². The maximum Gasteiger partial charge on any atom is 0.414 e. The van der Waals surface area contributed by atoms with Crippen LogP contribution in [0.15, 0.2) is 40.2 Å². The number of thiophene rings is 1. The monoisotopic (exact) mass is 366 g/mol. The average Bonchev–Trinajstić information content (AvgIpc) is 3.07. The third kappa shape index (κ3) is 2.93. The summed E-state index contributed by atoms with van der Waals surface area (Å²) in [5.74, 6) is -0.182. The molecule has 3 rings (SSSR count). The molecule has 0 bridgehead atoms. The minimum atomic E-state index is -0.362. The number of hydrogen-bond donors (Lipinski definition) is 1. The Morgan fingerprint density at radius 2 is 2.24 bits per heavy atom. The Morgan fingerprint density at radius 1 is 1.38 bits per heavy atom. The van der Waals surface area contributed by atoms with E-state index in [-0.39, 0.29) is 12.0 Å². The lowest BCUT2D eigenvalue weighted by Gasteiger charge is -2.14. The molecule has 1 aliphatic heterocycles. The van der Waals surface area contributed by atoms with Gasteiger partial charge in [-0.25, -0.2) is 4.79 Å². The number of anilines is 2. The highest BCUT2D eigenvalue weighted by atomic mass is 79.9. The van der Waals surface area contributed by atoms with E-state index in [1.807, 2.05) is 17.5 Å². The van der Waals surface area contributed by atoms with Crippen LogP contribution >= 0.6 is 27.3 Å². The van der Waals surface area contributed by atoms with Crippen molar-refractivity contribution in [2.75, 3.05) is 23.4 Å². The minimum absolute atomic E-state index is 0.182. The van der Waals surface area contributed by atoms with Crippen LogP contribution in [0.5, 0.6) is 0 Å². The lowest BCUT2D eigenvalue weighted by Crippen LogP contribution is -2.23. The number of ether oxygens (including phenoxy) is 1. The standard InChI is InChI=1S/C14H11BrN2O3S/c15-11-4-7-21-12(11)13(18)16-9-2-1-3-10(8-9)17-5-6-20-14(17)19/h1-4,7-8H,5-6H2,(H,16,18). The Balaban J connectivity index is 1.79. The molecule has 7 heteroatoms. The molecule has 0 unspecified atom stereocenters. The van der Waals surface area contributed by atoms with Crippen molar-refractivity contribution in [2.24, 2.45) is 0 Å². The number of benzene rings is 1. The maximum atomic E-state index is 12.2. The fourth-order valence-corrected chi connectivity index (χ4v) is 3.47. The topological polar surface area (TPSA) is 58.6 Å². The summed E-state index contributed by atoms with van der Waals surface area (Å²) in [6.07, 6.45) is -0.362. The van der Waals surface area contributed by atoms with Crippen LogP contribution in [0.25, 0.3) is 0 Å². The van der Waals surface area contributed by atoms with Crippen LogP contribution in [0, 0.1) is 0 Å². The lowest BCUT2D eigenvalue weighted by molar-refractivity contribution is 0.103. The zero-order chi connectivity index (χ0) is 14.8. The molecule has 0 aliphatic carbocycles. The van der Waals surface area contributed by atoms with Crippen molar-refractivity contribution >= 4 is 50.6 Å². The molecule has 0 saturated carbocycles. The molecule has 0 radical (unpaired) electrons. The number of carbonyl (C=O) groups excluding carboxylic acids is 2. The summed E-state index contributed by atoms with van der Waals surface area (Å²) in [5, 5.41) is 4.67. The van der Waals surface area contributed by atoms with Gasteiger partial charge < -0.3 is 10.1 Å². The summed E-state index contributed by atoms with van der Waals surface area (Å²) in [5.41, 5.74) is 1.35. The van der Waals surface area contributed by atoms with Crippen LogP contribution in [0.2, 0.25) is 0 Å². The van der Waals surface area contributed by atoms with E-state index in [0.29, 0.717) is 29.4 Å². The van der Waals surface area contributed by atoms with Crippen molar-refractivity contribution in [1.82, 2.24) is 0 Å². The Morgan fingerprint density at radius 3 is 2.90 bits per heavy atom. The molecule has 1 aromatic heterocycles. The van der Waals surface area contributed by atoms with Gasteiger partial charge in [0.05, 0.1) is 6.54 Å². The summed E-state index contributed by atoms with van der Waals surface area (Å²) in [7, 11) is 0. The molecule has 0 atom stereocenters. The Labute approximate surface area is 133 Å². The van der Waals surface area contributed by atoms with E-state index in [2.05, 4.69) is 21.2 Å². The van der Waals surface area contributed by atoms with E-state index in [4.69, 9.17) is 4.74 Å². The highest BCUT2D eigenvalue weighted by Crippen LogP contribution is 2.26. The normalized spacial score (nSPS) is 14.1. The lowest BCUT2D eigenvalue weighted by atomic mass is 10.2. The van der Waals surface area contributed by atoms with Gasteiger partial charge in [-0.2, -0.15) is 0 Å². The highest BCUT2D eigenvalue weighted by molar-refractivity contribution is 9.10. The molecule has 5 nitrogen and oxygen atoms in total. The van der Waals surface area contributed by atoms with Gasteiger partial charge in [0.15, 0.2) is 0 Å². The van der Waals surface area contributed by atoms with Crippen LogP contribution < -0.4 is 10.2 Å². The van der Waals surface area contributed by atoms with Crippen LogP contribution in [-0.2, 0) is 4.74 Å². The molecule has 2 aromatic rings. The number of cyclic esters (lactones) is 1. The molecule has 1 saturated heterocycles. The Kier molecular flexibility index (Phi) is 3.94. The third-order valence-corrected chi connectivity index (χ3v) is 4.84. The van der Waals surface area contributed by atoms with Crippen molar-refractivity contribution < 1.29 is 14.3 Å². The quantitative estimate of drug-likeness (QED) is 0.900. The van der Waals surface area contributed by atoms with E-state index in [1.54, 1.807) is 18.2 Å². The van der Waals surface area contributed by atoms with Crippen molar-refractivity contribution in [3.63, 3.8) is 0 Å². The van der Waals surface area contributed by atoms with Crippen LogP contribution in [-0.4, -0.2) is 25.2 Å². The maximum absolute atomic E-state index is 12.2. The summed E-state index contributed by atoms with van der Waals surface area (Å²) >= 11 is 4.70. The van der Waals surface area contributed by atoms with Gasteiger partial charge in [-0.3, -0.25) is 9.69 Å². The number of rotatable bonds is 3. The number of amides is 2. The molecule has 0 spiro atoms. The number of hydrogen-bond acceptors (Lipinski definition) is 4. The van der Waals surface area contributed by atoms with Crippen LogP contribution in [0.3, 0.4) is 0 Å². The van der Waals surface area contributed by atoms with Gasteiger partial charge in [-0.15, -0.1) is 11.3 Å². The van der Waals surface area contributed by atoms with E-state index in [1.165, 1.54) is 16.2 Å². The highest BCUT2D eigenvalue weighted by Gasteiger charge is 2.23. The largest absolute Gasteiger partial charge is 0.447 e. The molecular weight excluding hydrogens is 356 g/mol. The smallest absolute Gasteiger partial charge is 0.414 e. The van der Waals surface area contributed by atoms with Crippen LogP contribution in [0.4, 0.5) is 16.2 Å². The van der Waals surface area contributed by atoms with Gasteiger partial charge in [0.2, 0.25) is 0 Å². The summed E-state index contributed by atoms with van der Waals surface area (Å²) in [6.45, 7) is 0.907. The predicted octanol–water partition coefficient (Wildman–Crippen LogP) is 3.72. The zero-order valence-electron chi connectivity index (χ0n) is 10.8. The first kappa shape index (κ1) is 14.1. The van der Waals surface area contributed by atoms with E-state index < -0.39 is 0 Å². The average molecular weight is 367 g/mol. The summed E-state index contributed by atoms with van der Waals surface area (Å²) < 4.78 is 5.68. The fraction of sp³-hybridized carbons (Fsp3) is 0.143. The molecule has 108 valence electrons. The molecule has 1 N–H and O–H groups in total. The van der Waals surface area contributed by atoms with Gasteiger partial charge >= 0.3 is 6.09 Å². The predicted molar refractivity (Wildman–Crippen MR) is 85.1 cm³/mol. The second kappa shape index (κ2) is 5.87. The number of nitrogens with zero attached hydrogens (tertiary/aromatic N) is 1. The van der Waals surface area contributed by atoms with E-state index in [0.717, 1.165) is 4.47 Å². The molecule has 1 aromatic carbocycles. The zero-order valence-corrected chi connectivity index (χ0v) is 13.2. The summed E-state index contributed by atoms with van der Waals surface area (Å²) in [6, 6.07) is 8.97. The van der Waals surface area contributed by atoms with Gasteiger partial charge in [0.25, 0.3) is 5.91 Å². The third-order valence-electron chi connectivity index (χ3n) is 3.00. The molecule has 2 amide bonds. The first-order valence-electron chi connectivity index (χ1n) is 6.24. The number of halogens is 1. The van der Waals surface area contributed by atoms with Crippen molar-refractivity contribution in [1.29, 1.82) is 0 Å². The number of carbonyl (C=O) groups is 2. The van der Waals surface area contributed by atoms with Gasteiger partial charge in [0, 0.05) is 15.8 Å². The van der Waals surface area contributed by atoms with Crippen molar-refractivity contribution in [2.45, 2.75) is 0 Å². The van der Waals surface area contributed by atoms with Crippen LogP contribution in [0.1, 0.15) is 9.67 Å². The first-order chi connectivity index (χ1) is 10.1. The Bertz CT molecular complexity index is 701. The van der Waals surface area contributed by atoms with Gasteiger partial charge in [-0.05, 0) is 45.6 Å². The first-order valence-corrected chi connectivity index (χ1v) is 7.91. The van der Waals surface area contributed by atoms with Crippen molar-refractivity contribution in [3.8, 4) is 0 Å². The Hall–Kier alpha value is -1.86. The minimum Gasteiger partial charge on any atom is -0.447 e. The molecule has 1 aliphatic rings. The van der Waals surface area contributed by atoms with E-state index in [9.17, 15) is 9.59 Å². The fourth-order valence-electron chi connectivity index (χ4n) is 2.02. The molecule has 1 fully saturated rings. The van der Waals surface area contributed by atoms with E-state index >= 15 is 0 Å². The number of nitrogens with one attached hydrogen (secondary N) is 1.